The zero-order chi connectivity index (χ0) is 12.1. The van der Waals surface area contributed by atoms with Gasteiger partial charge < -0.3 is 9.84 Å². The standard InChI is InChI=1S/C11H11BrO4/c1-2-5-16-9-4-3-7(6-8(9)12)10(13)11(14)15/h3-4,6H,2,5H2,1H3,(H,14,15). The van der Waals surface area contributed by atoms with Gasteiger partial charge in [0.25, 0.3) is 5.78 Å². The number of halogens is 1. The summed E-state index contributed by atoms with van der Waals surface area (Å²) in [6.45, 7) is 2.56. The summed E-state index contributed by atoms with van der Waals surface area (Å²) in [5.74, 6) is -1.79. The van der Waals surface area contributed by atoms with E-state index in [-0.39, 0.29) is 5.56 Å². The molecular weight excluding hydrogens is 276 g/mol. The molecule has 4 nitrogen and oxygen atoms in total. The third-order valence-electron chi connectivity index (χ3n) is 1.85. The Kier molecular flexibility index (Phi) is 4.49. The van der Waals surface area contributed by atoms with E-state index in [1.54, 1.807) is 6.07 Å². The first-order chi connectivity index (χ1) is 7.56. The molecule has 0 fully saturated rings. The second-order valence-electron chi connectivity index (χ2n) is 3.13. The quantitative estimate of drug-likeness (QED) is 0.667. The Morgan fingerprint density at radius 3 is 2.62 bits per heavy atom. The lowest BCUT2D eigenvalue weighted by atomic mass is 10.1. The molecule has 0 heterocycles. The predicted molar refractivity (Wildman–Crippen MR) is 61.9 cm³/mol. The zero-order valence-electron chi connectivity index (χ0n) is 8.70. The van der Waals surface area contributed by atoms with Crippen LogP contribution < -0.4 is 4.74 Å². The fourth-order valence-electron chi connectivity index (χ4n) is 1.09. The van der Waals surface area contributed by atoms with Crippen LogP contribution in [0.3, 0.4) is 0 Å². The fraction of sp³-hybridized carbons (Fsp3) is 0.273. The maximum Gasteiger partial charge on any atom is 0.377 e. The maximum atomic E-state index is 11.2. The number of ether oxygens (including phenoxy) is 1. The van der Waals surface area contributed by atoms with Crippen LogP contribution in [-0.2, 0) is 4.79 Å². The molecule has 0 aromatic heterocycles. The highest BCUT2D eigenvalue weighted by Crippen LogP contribution is 2.26. The lowest BCUT2D eigenvalue weighted by Gasteiger charge is -2.07. The number of hydrogen-bond acceptors (Lipinski definition) is 3. The van der Waals surface area contributed by atoms with Crippen LogP contribution in [0.25, 0.3) is 0 Å². The van der Waals surface area contributed by atoms with Crippen LogP contribution in [0.1, 0.15) is 23.7 Å². The van der Waals surface area contributed by atoms with Gasteiger partial charge in [-0.15, -0.1) is 0 Å². The van der Waals surface area contributed by atoms with Crippen molar-refractivity contribution in [3.63, 3.8) is 0 Å². The number of carbonyl (C=O) groups is 2. The molecule has 0 aliphatic heterocycles. The van der Waals surface area contributed by atoms with Crippen LogP contribution in [-0.4, -0.2) is 23.5 Å². The van der Waals surface area contributed by atoms with Crippen molar-refractivity contribution in [2.75, 3.05) is 6.61 Å². The smallest absolute Gasteiger partial charge is 0.377 e. The minimum Gasteiger partial charge on any atom is -0.492 e. The monoisotopic (exact) mass is 286 g/mol. The van der Waals surface area contributed by atoms with Gasteiger partial charge in [0.15, 0.2) is 0 Å². The molecule has 1 rings (SSSR count). The van der Waals surface area contributed by atoms with Gasteiger partial charge in [0.2, 0.25) is 0 Å². The van der Waals surface area contributed by atoms with Gasteiger partial charge in [-0.3, -0.25) is 4.79 Å². The Morgan fingerprint density at radius 2 is 2.12 bits per heavy atom. The Hall–Kier alpha value is -1.36. The molecule has 1 aromatic rings. The highest BCUT2D eigenvalue weighted by Gasteiger charge is 2.15. The van der Waals surface area contributed by atoms with Crippen molar-refractivity contribution in [2.45, 2.75) is 13.3 Å². The number of carboxylic acid groups (broad SMARTS) is 1. The second kappa shape index (κ2) is 5.65. The van der Waals surface area contributed by atoms with Crippen molar-refractivity contribution >= 4 is 27.7 Å². The van der Waals surface area contributed by atoms with Gasteiger partial charge in [-0.1, -0.05) is 6.92 Å². The van der Waals surface area contributed by atoms with Crippen LogP contribution in [0.15, 0.2) is 22.7 Å². The number of aliphatic carboxylic acids is 1. The van der Waals surface area contributed by atoms with Crippen molar-refractivity contribution < 1.29 is 19.4 Å². The second-order valence-corrected chi connectivity index (χ2v) is 3.98. The molecule has 5 heteroatoms. The largest absolute Gasteiger partial charge is 0.492 e. The van der Waals surface area contributed by atoms with Crippen molar-refractivity contribution in [3.05, 3.63) is 28.2 Å². The average Bonchev–Trinajstić information content (AvgIpc) is 2.26. The average molecular weight is 287 g/mol. The highest BCUT2D eigenvalue weighted by atomic mass is 79.9. The Balaban J connectivity index is 2.90. The van der Waals surface area contributed by atoms with E-state index in [0.29, 0.717) is 16.8 Å². The maximum absolute atomic E-state index is 11.2. The van der Waals surface area contributed by atoms with E-state index in [4.69, 9.17) is 9.84 Å². The number of rotatable bonds is 5. The number of carboxylic acids is 1. The van der Waals surface area contributed by atoms with E-state index in [2.05, 4.69) is 15.9 Å². The lowest BCUT2D eigenvalue weighted by molar-refractivity contribution is -0.131. The van der Waals surface area contributed by atoms with E-state index in [1.165, 1.54) is 12.1 Å². The summed E-state index contributed by atoms with van der Waals surface area (Å²) in [5, 5.41) is 8.54. The van der Waals surface area contributed by atoms with Crippen LogP contribution in [0, 0.1) is 0 Å². The van der Waals surface area contributed by atoms with E-state index in [9.17, 15) is 9.59 Å². The SMILES string of the molecule is CCCOc1ccc(C(=O)C(=O)O)cc1Br. The molecule has 1 N–H and O–H groups in total. The molecule has 0 amide bonds. The topological polar surface area (TPSA) is 63.6 Å². The van der Waals surface area contributed by atoms with E-state index in [0.717, 1.165) is 6.42 Å². The molecule has 16 heavy (non-hydrogen) atoms. The number of Topliss-reactive ketones (excluding diaryl/α,β-unsaturated/α-hetero) is 1. The zero-order valence-corrected chi connectivity index (χ0v) is 10.3. The Morgan fingerprint density at radius 1 is 1.44 bits per heavy atom. The summed E-state index contributed by atoms with van der Waals surface area (Å²) in [5.41, 5.74) is 0.128. The summed E-state index contributed by atoms with van der Waals surface area (Å²) in [4.78, 5) is 21.6. The van der Waals surface area contributed by atoms with Crippen molar-refractivity contribution in [1.82, 2.24) is 0 Å². The van der Waals surface area contributed by atoms with Gasteiger partial charge >= 0.3 is 5.97 Å². The van der Waals surface area contributed by atoms with E-state index >= 15 is 0 Å². The third-order valence-corrected chi connectivity index (χ3v) is 2.47. The number of hydrogen-bond donors (Lipinski definition) is 1. The molecular formula is C11H11BrO4. The summed E-state index contributed by atoms with van der Waals surface area (Å²) >= 11 is 3.22. The van der Waals surface area contributed by atoms with Gasteiger partial charge in [0.05, 0.1) is 11.1 Å². The molecule has 0 atom stereocenters. The lowest BCUT2D eigenvalue weighted by Crippen LogP contribution is -2.12. The molecule has 1 aromatic carbocycles. The normalized spacial score (nSPS) is 9.88. The highest BCUT2D eigenvalue weighted by molar-refractivity contribution is 9.10. The molecule has 0 aliphatic carbocycles. The van der Waals surface area contributed by atoms with Gasteiger partial charge in [-0.05, 0) is 40.5 Å². The summed E-state index contributed by atoms with van der Waals surface area (Å²) < 4.78 is 5.95. The van der Waals surface area contributed by atoms with Crippen LogP contribution in [0.4, 0.5) is 0 Å². The van der Waals surface area contributed by atoms with Gasteiger partial charge in [0.1, 0.15) is 5.75 Å². The van der Waals surface area contributed by atoms with Crippen molar-refractivity contribution in [1.29, 1.82) is 0 Å². The molecule has 0 bridgehead atoms. The molecule has 0 saturated heterocycles. The third kappa shape index (κ3) is 3.06. The molecule has 0 saturated carbocycles. The van der Waals surface area contributed by atoms with Crippen molar-refractivity contribution in [2.24, 2.45) is 0 Å². The predicted octanol–water partition coefficient (Wildman–Crippen LogP) is 2.51. The number of carbonyl (C=O) groups excluding carboxylic acids is 1. The first-order valence-electron chi connectivity index (χ1n) is 4.76. The Labute approximate surface area is 101 Å². The van der Waals surface area contributed by atoms with Gasteiger partial charge in [0, 0.05) is 5.56 Å². The van der Waals surface area contributed by atoms with E-state index < -0.39 is 11.8 Å². The summed E-state index contributed by atoms with van der Waals surface area (Å²) in [6, 6.07) is 4.46. The minimum absolute atomic E-state index is 0.128. The first kappa shape index (κ1) is 12.7. The number of benzene rings is 1. The van der Waals surface area contributed by atoms with Crippen molar-refractivity contribution in [3.8, 4) is 5.75 Å². The van der Waals surface area contributed by atoms with Crippen LogP contribution in [0.2, 0.25) is 0 Å². The molecule has 0 aliphatic rings. The molecule has 0 unspecified atom stereocenters. The first-order valence-corrected chi connectivity index (χ1v) is 5.55. The fourth-order valence-corrected chi connectivity index (χ4v) is 1.59. The minimum atomic E-state index is -1.46. The molecule has 0 spiro atoms. The molecule has 0 radical (unpaired) electrons. The Bertz CT molecular complexity index is 414. The van der Waals surface area contributed by atoms with Crippen LogP contribution >= 0.6 is 15.9 Å². The van der Waals surface area contributed by atoms with Crippen LogP contribution in [0.5, 0.6) is 5.75 Å². The molecule has 86 valence electrons. The van der Waals surface area contributed by atoms with E-state index in [1.807, 2.05) is 6.92 Å². The summed E-state index contributed by atoms with van der Waals surface area (Å²) in [7, 11) is 0. The van der Waals surface area contributed by atoms with Gasteiger partial charge in [-0.25, -0.2) is 4.79 Å². The number of ketones is 1. The van der Waals surface area contributed by atoms with Gasteiger partial charge in [-0.2, -0.15) is 0 Å². The summed E-state index contributed by atoms with van der Waals surface area (Å²) in [6.07, 6.45) is 0.877.